The molecule has 0 spiro atoms. The lowest BCUT2D eigenvalue weighted by Gasteiger charge is -2.26. The fourth-order valence-electron chi connectivity index (χ4n) is 1.63. The first kappa shape index (κ1) is 14.3. The normalized spacial score (nSPS) is 22.1. The minimum Gasteiger partial charge on any atom is -0.480 e. The molecule has 0 aromatic carbocycles. The summed E-state index contributed by atoms with van der Waals surface area (Å²) in [5.41, 5.74) is -0.155. The maximum absolute atomic E-state index is 11.9. The molecular weight excluding hydrogens is 240 g/mol. The molecule has 1 aliphatic rings. The van der Waals surface area contributed by atoms with Gasteiger partial charge in [0.25, 0.3) is 0 Å². The van der Waals surface area contributed by atoms with E-state index in [1.807, 2.05) is 0 Å². The lowest BCUT2D eigenvalue weighted by atomic mass is 10.2. The smallest absolute Gasteiger partial charge is 0.411 e. The van der Waals surface area contributed by atoms with Crippen LogP contribution in [-0.4, -0.2) is 53.1 Å². The van der Waals surface area contributed by atoms with Gasteiger partial charge < -0.3 is 14.7 Å². The van der Waals surface area contributed by atoms with Crippen molar-refractivity contribution in [3.8, 4) is 0 Å². The van der Waals surface area contributed by atoms with E-state index in [1.54, 1.807) is 20.8 Å². The molecule has 0 radical (unpaired) electrons. The quantitative estimate of drug-likeness (QED) is 0.749. The van der Waals surface area contributed by atoms with Crippen LogP contribution in [0.4, 0.5) is 4.79 Å². The van der Waals surface area contributed by atoms with Gasteiger partial charge in [0, 0.05) is 6.42 Å². The molecule has 0 aromatic rings. The number of likely N-dealkylation sites (tertiary alicyclic amines) is 1. The van der Waals surface area contributed by atoms with E-state index in [1.165, 1.54) is 7.11 Å². The summed E-state index contributed by atoms with van der Waals surface area (Å²) in [4.78, 5) is 28.7. The molecule has 1 fully saturated rings. The zero-order valence-electron chi connectivity index (χ0n) is 11.0. The molecule has 0 aromatic heterocycles. The Morgan fingerprint density at radius 1 is 1.44 bits per heavy atom. The fourth-order valence-corrected chi connectivity index (χ4v) is 1.63. The summed E-state index contributed by atoms with van der Waals surface area (Å²) in [5.74, 6) is -1.08. The number of amides is 1. The number of rotatable bonds is 2. The minimum absolute atomic E-state index is 0.111. The van der Waals surface area contributed by atoms with Crippen molar-refractivity contribution in [2.24, 2.45) is 5.16 Å². The van der Waals surface area contributed by atoms with E-state index in [9.17, 15) is 9.59 Å². The number of carboxylic acid groups (broad SMARTS) is 1. The first-order valence-electron chi connectivity index (χ1n) is 5.56. The Morgan fingerprint density at radius 3 is 2.50 bits per heavy atom. The Bertz CT molecular complexity index is 372. The van der Waals surface area contributed by atoms with Gasteiger partial charge in [-0.05, 0) is 20.8 Å². The molecule has 7 nitrogen and oxygen atoms in total. The Hall–Kier alpha value is -1.79. The second-order valence-electron chi connectivity index (χ2n) is 5.01. The summed E-state index contributed by atoms with van der Waals surface area (Å²) < 4.78 is 5.16. The highest BCUT2D eigenvalue weighted by molar-refractivity contribution is 5.98. The first-order valence-corrected chi connectivity index (χ1v) is 5.56. The van der Waals surface area contributed by atoms with E-state index >= 15 is 0 Å². The number of aliphatic carboxylic acids is 1. The lowest BCUT2D eigenvalue weighted by Crippen LogP contribution is -2.43. The Labute approximate surface area is 105 Å². The molecule has 1 aliphatic heterocycles. The van der Waals surface area contributed by atoms with E-state index in [4.69, 9.17) is 9.84 Å². The molecule has 7 heteroatoms. The zero-order valence-corrected chi connectivity index (χ0v) is 11.0. The van der Waals surface area contributed by atoms with Crippen molar-refractivity contribution in [2.45, 2.75) is 38.8 Å². The van der Waals surface area contributed by atoms with Gasteiger partial charge in [0.1, 0.15) is 18.8 Å². The molecule has 0 unspecified atom stereocenters. The van der Waals surface area contributed by atoms with Crippen molar-refractivity contribution in [1.29, 1.82) is 0 Å². The highest BCUT2D eigenvalue weighted by Gasteiger charge is 2.40. The van der Waals surface area contributed by atoms with Gasteiger partial charge in [0.2, 0.25) is 0 Å². The molecule has 1 amide bonds. The highest BCUT2D eigenvalue weighted by atomic mass is 16.6. The maximum atomic E-state index is 11.9. The van der Waals surface area contributed by atoms with Gasteiger partial charge in [-0.2, -0.15) is 0 Å². The highest BCUT2D eigenvalue weighted by Crippen LogP contribution is 2.20. The van der Waals surface area contributed by atoms with Crippen LogP contribution in [-0.2, 0) is 14.4 Å². The molecular formula is C11H18N2O5. The SMILES string of the molecule is CO/N=C1/C[C@@H](C(=O)O)N(C(=O)OC(C)(C)C)C1. The summed E-state index contributed by atoms with van der Waals surface area (Å²) in [6, 6.07) is -0.950. The van der Waals surface area contributed by atoms with Gasteiger partial charge in [-0.25, -0.2) is 9.59 Å². The van der Waals surface area contributed by atoms with E-state index in [0.29, 0.717) is 5.71 Å². The predicted molar refractivity (Wildman–Crippen MR) is 63.4 cm³/mol. The third kappa shape index (κ3) is 3.61. The van der Waals surface area contributed by atoms with Gasteiger partial charge >= 0.3 is 12.1 Å². The van der Waals surface area contributed by atoms with E-state index in [2.05, 4.69) is 9.99 Å². The van der Waals surface area contributed by atoms with Crippen LogP contribution in [0.2, 0.25) is 0 Å². The van der Waals surface area contributed by atoms with Crippen LogP contribution in [0.1, 0.15) is 27.2 Å². The van der Waals surface area contributed by atoms with Crippen LogP contribution in [0.5, 0.6) is 0 Å². The van der Waals surface area contributed by atoms with E-state index in [-0.39, 0.29) is 13.0 Å². The van der Waals surface area contributed by atoms with Crippen molar-refractivity contribution >= 4 is 17.8 Å². The Balaban J connectivity index is 2.82. The number of ether oxygens (including phenoxy) is 1. The number of carboxylic acids is 1. The molecule has 18 heavy (non-hydrogen) atoms. The van der Waals surface area contributed by atoms with Crippen LogP contribution < -0.4 is 0 Å². The van der Waals surface area contributed by atoms with Crippen molar-refractivity contribution in [1.82, 2.24) is 4.90 Å². The van der Waals surface area contributed by atoms with Gasteiger partial charge in [0.05, 0.1) is 12.3 Å². The summed E-state index contributed by atoms with van der Waals surface area (Å²) in [5, 5.41) is 12.8. The second-order valence-corrected chi connectivity index (χ2v) is 5.01. The minimum atomic E-state index is -1.08. The monoisotopic (exact) mass is 258 g/mol. The molecule has 0 bridgehead atoms. The van der Waals surface area contributed by atoms with Crippen LogP contribution in [0.15, 0.2) is 5.16 Å². The van der Waals surface area contributed by atoms with Gasteiger partial charge in [-0.1, -0.05) is 5.16 Å². The molecule has 1 saturated heterocycles. The number of carbonyl (C=O) groups is 2. The zero-order chi connectivity index (χ0) is 13.9. The second kappa shape index (κ2) is 5.24. The first-order chi connectivity index (χ1) is 8.24. The molecule has 0 aliphatic carbocycles. The maximum Gasteiger partial charge on any atom is 0.411 e. The molecule has 1 rings (SSSR count). The third-order valence-corrected chi connectivity index (χ3v) is 2.29. The molecule has 1 N–H and O–H groups in total. The van der Waals surface area contributed by atoms with Crippen LogP contribution >= 0.6 is 0 Å². The Morgan fingerprint density at radius 2 is 2.06 bits per heavy atom. The topological polar surface area (TPSA) is 88.4 Å². The van der Waals surface area contributed by atoms with E-state index in [0.717, 1.165) is 4.90 Å². The van der Waals surface area contributed by atoms with Gasteiger partial charge in [-0.15, -0.1) is 0 Å². The van der Waals surface area contributed by atoms with Crippen molar-refractivity contribution in [3.63, 3.8) is 0 Å². The summed E-state index contributed by atoms with van der Waals surface area (Å²) in [6.07, 6.45) is -0.501. The van der Waals surface area contributed by atoms with Crippen LogP contribution in [0, 0.1) is 0 Å². The summed E-state index contributed by atoms with van der Waals surface area (Å²) in [6.45, 7) is 5.28. The third-order valence-electron chi connectivity index (χ3n) is 2.29. The Kier molecular flexibility index (Phi) is 4.15. The standard InChI is InChI=1S/C11H18N2O5/c1-11(2,3)18-10(16)13-6-7(12-17-4)5-8(13)9(14)15/h8H,5-6H2,1-4H3,(H,14,15)/b12-7-/t8-/m0/s1. The van der Waals surface area contributed by atoms with Crippen molar-refractivity contribution in [2.75, 3.05) is 13.7 Å². The predicted octanol–water partition coefficient (Wildman–Crippen LogP) is 1.08. The lowest BCUT2D eigenvalue weighted by molar-refractivity contribution is -0.142. The largest absolute Gasteiger partial charge is 0.480 e. The van der Waals surface area contributed by atoms with Crippen LogP contribution in [0.25, 0.3) is 0 Å². The number of oxime groups is 1. The number of hydrogen-bond acceptors (Lipinski definition) is 5. The average molecular weight is 258 g/mol. The fraction of sp³-hybridized carbons (Fsp3) is 0.727. The number of hydrogen-bond donors (Lipinski definition) is 1. The summed E-state index contributed by atoms with van der Waals surface area (Å²) in [7, 11) is 1.37. The summed E-state index contributed by atoms with van der Waals surface area (Å²) >= 11 is 0. The number of nitrogens with zero attached hydrogens (tertiary/aromatic N) is 2. The van der Waals surface area contributed by atoms with Gasteiger partial charge in [-0.3, -0.25) is 4.90 Å². The van der Waals surface area contributed by atoms with Gasteiger partial charge in [0.15, 0.2) is 0 Å². The van der Waals surface area contributed by atoms with Crippen LogP contribution in [0.3, 0.4) is 0 Å². The molecule has 1 heterocycles. The van der Waals surface area contributed by atoms with Crippen molar-refractivity contribution < 1.29 is 24.3 Å². The average Bonchev–Trinajstić information content (AvgIpc) is 2.59. The number of carbonyl (C=O) groups excluding carboxylic acids is 1. The van der Waals surface area contributed by atoms with Crippen molar-refractivity contribution in [3.05, 3.63) is 0 Å². The molecule has 0 saturated carbocycles. The molecule has 1 atom stereocenters. The van der Waals surface area contributed by atoms with E-state index < -0.39 is 23.7 Å². The molecule has 102 valence electrons.